The number of nitrogens with one attached hydrogen (secondary N) is 2. The molecule has 1 saturated heterocycles. The van der Waals surface area contributed by atoms with E-state index in [1.54, 1.807) is 61.5 Å². The molecular formula is C26H23N3O6. The number of anilines is 1. The summed E-state index contributed by atoms with van der Waals surface area (Å²) >= 11 is 0. The van der Waals surface area contributed by atoms with Crippen LogP contribution in [0, 0.1) is 0 Å². The molecule has 1 fully saturated rings. The summed E-state index contributed by atoms with van der Waals surface area (Å²) in [6.07, 6.45) is 0. The van der Waals surface area contributed by atoms with Gasteiger partial charge in [-0.05, 0) is 48.9 Å². The van der Waals surface area contributed by atoms with E-state index in [2.05, 4.69) is 10.6 Å². The number of imide groups is 1. The third kappa shape index (κ3) is 4.35. The standard InChI is InChI=1S/C26H23N3O6/c1-26(17-11-12-21-22(15-17)34-14-13-33-21)24(31)29(25(32)28-26)16-23(30)27-19-9-5-6-10-20(19)35-18-7-3-2-4-8-18/h2-12,15H,13-14,16H2,1H3,(H,27,30)(H,28,32)/t26-/m1/s1. The summed E-state index contributed by atoms with van der Waals surface area (Å²) < 4.78 is 17.0. The maximum atomic E-state index is 13.3. The number of amides is 4. The Hall–Kier alpha value is -4.53. The third-order valence-electron chi connectivity index (χ3n) is 5.83. The van der Waals surface area contributed by atoms with E-state index in [0.29, 0.717) is 47.5 Å². The van der Waals surface area contributed by atoms with Crippen LogP contribution in [0.1, 0.15) is 12.5 Å². The van der Waals surface area contributed by atoms with Crippen LogP contribution in [0.2, 0.25) is 0 Å². The predicted octanol–water partition coefficient (Wildman–Crippen LogP) is 3.66. The van der Waals surface area contributed by atoms with Crippen LogP contribution >= 0.6 is 0 Å². The molecule has 2 aliphatic rings. The summed E-state index contributed by atoms with van der Waals surface area (Å²) in [4.78, 5) is 39.7. The van der Waals surface area contributed by atoms with Gasteiger partial charge in [0.2, 0.25) is 5.91 Å². The van der Waals surface area contributed by atoms with Crippen LogP contribution < -0.4 is 24.8 Å². The number of urea groups is 1. The van der Waals surface area contributed by atoms with Gasteiger partial charge in [0.1, 0.15) is 31.0 Å². The van der Waals surface area contributed by atoms with Crippen molar-refractivity contribution < 1.29 is 28.6 Å². The predicted molar refractivity (Wildman–Crippen MR) is 127 cm³/mol. The summed E-state index contributed by atoms with van der Waals surface area (Å²) in [5, 5.41) is 5.44. The van der Waals surface area contributed by atoms with Gasteiger partial charge in [-0.15, -0.1) is 0 Å². The molecular weight excluding hydrogens is 450 g/mol. The van der Waals surface area contributed by atoms with Crippen molar-refractivity contribution in [2.24, 2.45) is 0 Å². The van der Waals surface area contributed by atoms with E-state index in [1.165, 1.54) is 0 Å². The minimum atomic E-state index is -1.35. The molecule has 2 N–H and O–H groups in total. The first kappa shape index (κ1) is 22.3. The minimum Gasteiger partial charge on any atom is -0.486 e. The summed E-state index contributed by atoms with van der Waals surface area (Å²) in [5.41, 5.74) is -0.394. The van der Waals surface area contributed by atoms with Crippen molar-refractivity contribution in [2.75, 3.05) is 25.1 Å². The highest BCUT2D eigenvalue weighted by Gasteiger charge is 2.49. The van der Waals surface area contributed by atoms with Crippen LogP contribution in [0.4, 0.5) is 10.5 Å². The first-order chi connectivity index (χ1) is 16.9. The van der Waals surface area contributed by atoms with E-state index in [1.807, 2.05) is 18.2 Å². The van der Waals surface area contributed by atoms with Gasteiger partial charge in [-0.2, -0.15) is 0 Å². The first-order valence-electron chi connectivity index (χ1n) is 11.1. The number of para-hydroxylation sites is 3. The van der Waals surface area contributed by atoms with Crippen LogP contribution in [-0.4, -0.2) is 42.5 Å². The lowest BCUT2D eigenvalue weighted by Crippen LogP contribution is -2.42. The lowest BCUT2D eigenvalue weighted by molar-refractivity contribution is -0.133. The van der Waals surface area contributed by atoms with Crippen LogP contribution in [0.5, 0.6) is 23.0 Å². The summed E-state index contributed by atoms with van der Waals surface area (Å²) in [6.45, 7) is 1.99. The van der Waals surface area contributed by atoms with Crippen molar-refractivity contribution in [3.63, 3.8) is 0 Å². The quantitative estimate of drug-likeness (QED) is 0.530. The van der Waals surface area contributed by atoms with Gasteiger partial charge in [0.15, 0.2) is 17.2 Å². The normalized spacial score (nSPS) is 18.7. The molecule has 0 aliphatic carbocycles. The van der Waals surface area contributed by atoms with Gasteiger partial charge in [-0.1, -0.05) is 36.4 Å². The molecule has 0 bridgehead atoms. The van der Waals surface area contributed by atoms with Crippen molar-refractivity contribution in [1.29, 1.82) is 0 Å². The highest BCUT2D eigenvalue weighted by molar-refractivity contribution is 6.10. The molecule has 5 rings (SSSR count). The Bertz CT molecular complexity index is 1300. The van der Waals surface area contributed by atoms with E-state index in [4.69, 9.17) is 14.2 Å². The molecule has 2 heterocycles. The Morgan fingerprint density at radius 3 is 2.51 bits per heavy atom. The molecule has 178 valence electrons. The van der Waals surface area contributed by atoms with Gasteiger partial charge >= 0.3 is 6.03 Å². The molecule has 1 atom stereocenters. The van der Waals surface area contributed by atoms with Crippen molar-refractivity contribution in [3.8, 4) is 23.0 Å². The molecule has 0 aromatic heterocycles. The van der Waals surface area contributed by atoms with Gasteiger partial charge in [0.25, 0.3) is 5.91 Å². The van der Waals surface area contributed by atoms with Crippen LogP contribution in [0.25, 0.3) is 0 Å². The molecule has 0 saturated carbocycles. The Labute approximate surface area is 201 Å². The Morgan fingerprint density at radius 1 is 1.00 bits per heavy atom. The van der Waals surface area contributed by atoms with Gasteiger partial charge in [0.05, 0.1) is 5.69 Å². The highest BCUT2D eigenvalue weighted by atomic mass is 16.6. The van der Waals surface area contributed by atoms with Crippen molar-refractivity contribution >= 4 is 23.5 Å². The highest BCUT2D eigenvalue weighted by Crippen LogP contribution is 2.37. The molecule has 0 radical (unpaired) electrons. The molecule has 3 aromatic carbocycles. The van der Waals surface area contributed by atoms with Crippen molar-refractivity contribution in [1.82, 2.24) is 10.2 Å². The van der Waals surface area contributed by atoms with Gasteiger partial charge in [-0.25, -0.2) is 4.79 Å². The fourth-order valence-corrected chi connectivity index (χ4v) is 4.00. The number of nitrogens with zero attached hydrogens (tertiary/aromatic N) is 1. The molecule has 2 aliphatic heterocycles. The van der Waals surface area contributed by atoms with Crippen LogP contribution in [-0.2, 0) is 15.1 Å². The SMILES string of the molecule is C[C@]1(c2ccc3c(c2)OCCO3)NC(=O)N(CC(=O)Nc2ccccc2Oc2ccccc2)C1=O. The first-order valence-corrected chi connectivity index (χ1v) is 11.1. The Morgan fingerprint density at radius 2 is 1.71 bits per heavy atom. The number of rotatable bonds is 6. The number of carbonyl (C=O) groups is 3. The summed E-state index contributed by atoms with van der Waals surface area (Å²) in [6, 6.07) is 20.5. The molecule has 0 spiro atoms. The second-order valence-corrected chi connectivity index (χ2v) is 8.26. The number of hydrogen-bond acceptors (Lipinski definition) is 6. The number of benzene rings is 3. The van der Waals surface area contributed by atoms with E-state index in [-0.39, 0.29) is 0 Å². The van der Waals surface area contributed by atoms with Gasteiger partial charge in [0, 0.05) is 0 Å². The fourth-order valence-electron chi connectivity index (χ4n) is 4.00. The molecule has 35 heavy (non-hydrogen) atoms. The Balaban J connectivity index is 1.30. The van der Waals surface area contributed by atoms with Crippen molar-refractivity contribution in [3.05, 3.63) is 78.4 Å². The molecule has 4 amide bonds. The summed E-state index contributed by atoms with van der Waals surface area (Å²) in [7, 11) is 0. The zero-order valence-electron chi connectivity index (χ0n) is 18.9. The van der Waals surface area contributed by atoms with E-state index in [0.717, 1.165) is 4.90 Å². The second kappa shape index (κ2) is 9.02. The molecule has 0 unspecified atom stereocenters. The number of ether oxygens (including phenoxy) is 3. The maximum Gasteiger partial charge on any atom is 0.325 e. The van der Waals surface area contributed by atoms with Crippen LogP contribution in [0.15, 0.2) is 72.8 Å². The topological polar surface area (TPSA) is 106 Å². The Kier molecular flexibility index (Phi) is 5.74. The largest absolute Gasteiger partial charge is 0.486 e. The van der Waals surface area contributed by atoms with Crippen LogP contribution in [0.3, 0.4) is 0 Å². The van der Waals surface area contributed by atoms with Crippen molar-refractivity contribution in [2.45, 2.75) is 12.5 Å². The lowest BCUT2D eigenvalue weighted by atomic mass is 9.91. The number of carbonyl (C=O) groups excluding carboxylic acids is 3. The fraction of sp³-hybridized carbons (Fsp3) is 0.192. The van der Waals surface area contributed by atoms with E-state index >= 15 is 0 Å². The molecule has 9 nitrogen and oxygen atoms in total. The maximum absolute atomic E-state index is 13.3. The van der Waals surface area contributed by atoms with Gasteiger partial charge in [-0.3, -0.25) is 14.5 Å². The van der Waals surface area contributed by atoms with E-state index < -0.39 is 29.9 Å². The average molecular weight is 473 g/mol. The van der Waals surface area contributed by atoms with Gasteiger partial charge < -0.3 is 24.8 Å². The molecule has 3 aromatic rings. The third-order valence-corrected chi connectivity index (χ3v) is 5.83. The smallest absolute Gasteiger partial charge is 0.325 e. The second-order valence-electron chi connectivity index (χ2n) is 8.26. The lowest BCUT2D eigenvalue weighted by Gasteiger charge is -2.25. The monoisotopic (exact) mass is 473 g/mol. The zero-order valence-corrected chi connectivity index (χ0v) is 18.9. The molecule has 9 heteroatoms. The van der Waals surface area contributed by atoms with E-state index in [9.17, 15) is 14.4 Å². The average Bonchev–Trinajstić information content (AvgIpc) is 3.09. The zero-order chi connectivity index (χ0) is 24.4. The summed E-state index contributed by atoms with van der Waals surface area (Å²) in [5.74, 6) is 1.05. The number of hydrogen-bond donors (Lipinski definition) is 2. The number of fused-ring (bicyclic) bond motifs is 1. The minimum absolute atomic E-state index is 0.398.